The van der Waals surface area contributed by atoms with Crippen molar-refractivity contribution in [2.24, 2.45) is 5.92 Å². The van der Waals surface area contributed by atoms with E-state index in [0.29, 0.717) is 39.3 Å². The van der Waals surface area contributed by atoms with Gasteiger partial charge in [0.15, 0.2) is 0 Å². The highest BCUT2D eigenvalue weighted by molar-refractivity contribution is 5.84. The highest BCUT2D eigenvalue weighted by atomic mass is 16.5. The molecule has 0 spiro atoms. The van der Waals surface area contributed by atoms with E-state index in [2.05, 4.69) is 5.32 Å². The third-order valence-electron chi connectivity index (χ3n) is 4.42. The van der Waals surface area contributed by atoms with E-state index in [-0.39, 0.29) is 37.2 Å². The topological polar surface area (TPSA) is 84.9 Å². The summed E-state index contributed by atoms with van der Waals surface area (Å²) in [4.78, 5) is 38.1. The summed E-state index contributed by atoms with van der Waals surface area (Å²) in [6.45, 7) is 4.47. The van der Waals surface area contributed by atoms with Crippen molar-refractivity contribution in [1.29, 1.82) is 0 Å². The Bertz CT molecular complexity index is 614. The van der Waals surface area contributed by atoms with E-state index in [4.69, 9.17) is 9.47 Å². The summed E-state index contributed by atoms with van der Waals surface area (Å²) in [6.07, 6.45) is 0.762. The molecule has 1 aromatic carbocycles. The molecule has 0 saturated carbocycles. The zero-order chi connectivity index (χ0) is 19.5. The van der Waals surface area contributed by atoms with Gasteiger partial charge < -0.3 is 19.7 Å². The van der Waals surface area contributed by atoms with E-state index >= 15 is 0 Å². The van der Waals surface area contributed by atoms with Gasteiger partial charge in [0.05, 0.1) is 25.7 Å². The molecule has 0 unspecified atom stereocenters. The van der Waals surface area contributed by atoms with Crippen LogP contribution in [-0.4, -0.2) is 62.1 Å². The highest BCUT2D eigenvalue weighted by Gasteiger charge is 2.22. The van der Waals surface area contributed by atoms with Crippen molar-refractivity contribution in [3.63, 3.8) is 0 Å². The van der Waals surface area contributed by atoms with E-state index < -0.39 is 5.92 Å². The van der Waals surface area contributed by atoms with Crippen LogP contribution in [0.3, 0.4) is 0 Å². The fourth-order valence-electron chi connectivity index (χ4n) is 2.91. The van der Waals surface area contributed by atoms with Gasteiger partial charge in [-0.05, 0) is 18.9 Å². The Hall–Kier alpha value is -2.41. The number of hydrogen-bond donors (Lipinski definition) is 1. The molecule has 7 heteroatoms. The van der Waals surface area contributed by atoms with Crippen LogP contribution in [0.15, 0.2) is 30.3 Å². The van der Waals surface area contributed by atoms with Crippen molar-refractivity contribution < 1.29 is 23.9 Å². The second-order valence-electron chi connectivity index (χ2n) is 6.44. The zero-order valence-corrected chi connectivity index (χ0v) is 15.8. The summed E-state index contributed by atoms with van der Waals surface area (Å²) in [6, 6.07) is 9.61. The lowest BCUT2D eigenvalue weighted by atomic mass is 9.99. The number of ether oxygens (including phenoxy) is 2. The first-order valence-electron chi connectivity index (χ1n) is 9.43. The first-order valence-corrected chi connectivity index (χ1v) is 9.43. The van der Waals surface area contributed by atoms with Gasteiger partial charge in [-0.25, -0.2) is 0 Å². The van der Waals surface area contributed by atoms with Crippen molar-refractivity contribution >= 4 is 17.8 Å². The molecule has 7 nitrogen and oxygen atoms in total. The molecule has 0 bridgehead atoms. The van der Waals surface area contributed by atoms with Crippen LogP contribution in [0.25, 0.3) is 0 Å². The van der Waals surface area contributed by atoms with Crippen molar-refractivity contribution in [3.8, 4) is 0 Å². The third-order valence-corrected chi connectivity index (χ3v) is 4.42. The number of rotatable bonds is 9. The van der Waals surface area contributed by atoms with Crippen LogP contribution in [0.2, 0.25) is 0 Å². The lowest BCUT2D eigenvalue weighted by Crippen LogP contribution is -2.41. The fourth-order valence-corrected chi connectivity index (χ4v) is 2.91. The quantitative estimate of drug-likeness (QED) is 0.654. The SMILES string of the molecule is CCOC(=O)[C@H](CNC(=O)CCC(=O)N1CCOCC1)Cc1ccccc1. The van der Waals surface area contributed by atoms with Gasteiger partial charge >= 0.3 is 5.97 Å². The van der Waals surface area contributed by atoms with Crippen LogP contribution in [0, 0.1) is 5.92 Å². The normalized spacial score (nSPS) is 15.1. The standard InChI is InChI=1S/C20H28N2O5/c1-2-27-20(25)17(14-16-6-4-3-5-7-16)15-21-18(23)8-9-19(24)22-10-12-26-13-11-22/h3-7,17H,2,8-15H2,1H3,(H,21,23)/t17-/m0/s1. The second-order valence-corrected chi connectivity index (χ2v) is 6.44. The molecular weight excluding hydrogens is 348 g/mol. The molecule has 1 N–H and O–H groups in total. The molecule has 1 heterocycles. The molecular formula is C20H28N2O5. The first-order chi connectivity index (χ1) is 13.1. The number of carbonyl (C=O) groups excluding carboxylic acids is 3. The minimum atomic E-state index is -0.453. The predicted molar refractivity (Wildman–Crippen MR) is 99.9 cm³/mol. The fraction of sp³-hybridized carbons (Fsp3) is 0.550. The molecule has 2 rings (SSSR count). The number of nitrogens with zero attached hydrogens (tertiary/aromatic N) is 1. The van der Waals surface area contributed by atoms with Gasteiger partial charge in [0.2, 0.25) is 11.8 Å². The molecule has 1 aromatic rings. The average molecular weight is 376 g/mol. The Morgan fingerprint density at radius 3 is 2.52 bits per heavy atom. The summed E-state index contributed by atoms with van der Waals surface area (Å²) in [5.41, 5.74) is 1.01. The number of amides is 2. The largest absolute Gasteiger partial charge is 0.466 e. The highest BCUT2D eigenvalue weighted by Crippen LogP contribution is 2.10. The molecule has 1 fully saturated rings. The van der Waals surface area contributed by atoms with Crippen molar-refractivity contribution in [2.45, 2.75) is 26.2 Å². The van der Waals surface area contributed by atoms with Crippen molar-refractivity contribution in [3.05, 3.63) is 35.9 Å². The molecule has 0 aromatic heterocycles. The van der Waals surface area contributed by atoms with Crippen LogP contribution in [0.4, 0.5) is 0 Å². The third kappa shape index (κ3) is 7.38. The van der Waals surface area contributed by atoms with E-state index in [1.54, 1.807) is 11.8 Å². The lowest BCUT2D eigenvalue weighted by molar-refractivity contribution is -0.148. The van der Waals surface area contributed by atoms with Gasteiger partial charge in [0.25, 0.3) is 0 Å². The minimum Gasteiger partial charge on any atom is -0.466 e. The smallest absolute Gasteiger partial charge is 0.311 e. The summed E-state index contributed by atoms with van der Waals surface area (Å²) >= 11 is 0. The molecule has 1 aliphatic rings. The molecule has 0 radical (unpaired) electrons. The van der Waals surface area contributed by atoms with E-state index in [0.717, 1.165) is 5.56 Å². The van der Waals surface area contributed by atoms with E-state index in [1.807, 2.05) is 30.3 Å². The Labute approximate surface area is 160 Å². The van der Waals surface area contributed by atoms with Gasteiger partial charge in [-0.15, -0.1) is 0 Å². The first kappa shape index (κ1) is 20.9. The van der Waals surface area contributed by atoms with E-state index in [9.17, 15) is 14.4 Å². The summed E-state index contributed by atoms with van der Waals surface area (Å²) < 4.78 is 10.3. The van der Waals surface area contributed by atoms with Crippen LogP contribution < -0.4 is 5.32 Å². The van der Waals surface area contributed by atoms with Gasteiger partial charge in [-0.3, -0.25) is 14.4 Å². The molecule has 148 valence electrons. The Kier molecular flexibility index (Phi) is 8.77. The van der Waals surface area contributed by atoms with E-state index in [1.165, 1.54) is 0 Å². The molecule has 2 amide bonds. The van der Waals surface area contributed by atoms with Gasteiger partial charge in [-0.2, -0.15) is 0 Å². The van der Waals surface area contributed by atoms with Gasteiger partial charge in [-0.1, -0.05) is 30.3 Å². The summed E-state index contributed by atoms with van der Waals surface area (Å²) in [7, 11) is 0. The van der Waals surface area contributed by atoms with Crippen LogP contribution in [0.5, 0.6) is 0 Å². The molecule has 0 aliphatic carbocycles. The second kappa shape index (κ2) is 11.3. The minimum absolute atomic E-state index is 0.0420. The Morgan fingerprint density at radius 1 is 1.15 bits per heavy atom. The number of hydrogen-bond acceptors (Lipinski definition) is 5. The van der Waals surface area contributed by atoms with Crippen LogP contribution in [-0.2, 0) is 30.3 Å². The van der Waals surface area contributed by atoms with Gasteiger partial charge in [0.1, 0.15) is 0 Å². The Morgan fingerprint density at radius 2 is 1.85 bits per heavy atom. The molecule has 1 aliphatic heterocycles. The maximum atomic E-state index is 12.2. The maximum Gasteiger partial charge on any atom is 0.311 e. The molecule has 27 heavy (non-hydrogen) atoms. The average Bonchev–Trinajstić information content (AvgIpc) is 2.70. The van der Waals surface area contributed by atoms with Crippen molar-refractivity contribution in [1.82, 2.24) is 10.2 Å². The van der Waals surface area contributed by atoms with Gasteiger partial charge in [0, 0.05) is 32.5 Å². The number of morpholine rings is 1. The summed E-state index contributed by atoms with van der Waals surface area (Å²) in [5.74, 6) is -1.06. The van der Waals surface area contributed by atoms with Crippen LogP contribution >= 0.6 is 0 Å². The predicted octanol–water partition coefficient (Wildman–Crippen LogP) is 1.16. The Balaban J connectivity index is 1.79. The maximum absolute atomic E-state index is 12.2. The molecule has 1 atom stereocenters. The molecule has 1 saturated heterocycles. The van der Waals surface area contributed by atoms with Crippen LogP contribution in [0.1, 0.15) is 25.3 Å². The summed E-state index contributed by atoms with van der Waals surface area (Å²) in [5, 5.41) is 2.77. The number of benzene rings is 1. The number of nitrogens with one attached hydrogen (secondary N) is 1. The monoisotopic (exact) mass is 376 g/mol. The van der Waals surface area contributed by atoms with Crippen molar-refractivity contribution in [2.75, 3.05) is 39.5 Å². The number of esters is 1. The zero-order valence-electron chi connectivity index (χ0n) is 15.8. The lowest BCUT2D eigenvalue weighted by Gasteiger charge is -2.26. The number of carbonyl (C=O) groups is 3.